The fourth-order valence-corrected chi connectivity index (χ4v) is 1.45. The molecule has 2 heterocycles. The monoisotopic (exact) mass is 338 g/mol. The summed E-state index contributed by atoms with van der Waals surface area (Å²) in [6.45, 7) is 1.52. The Balaban J connectivity index is 0.000000272. The van der Waals surface area contributed by atoms with E-state index in [0.717, 1.165) is 6.20 Å². The molecular formula is C16H13F3N2O3. The van der Waals surface area contributed by atoms with E-state index in [-0.39, 0.29) is 11.3 Å². The highest BCUT2D eigenvalue weighted by Crippen LogP contribution is 2.18. The zero-order chi connectivity index (χ0) is 18.2. The van der Waals surface area contributed by atoms with Gasteiger partial charge in [0.15, 0.2) is 11.6 Å². The quantitative estimate of drug-likeness (QED) is 0.632. The molecule has 0 spiro atoms. The lowest BCUT2D eigenvalue weighted by molar-refractivity contribution is -0.170. The highest BCUT2D eigenvalue weighted by Gasteiger charge is 2.39. The van der Waals surface area contributed by atoms with Crippen molar-refractivity contribution < 1.29 is 27.6 Å². The molecule has 24 heavy (non-hydrogen) atoms. The Bertz CT molecular complexity index is 702. The van der Waals surface area contributed by atoms with Crippen LogP contribution in [0.3, 0.4) is 0 Å². The highest BCUT2D eigenvalue weighted by atomic mass is 19.4. The van der Waals surface area contributed by atoms with Crippen LogP contribution in [0.15, 0.2) is 49.1 Å². The van der Waals surface area contributed by atoms with Crippen molar-refractivity contribution in [2.45, 2.75) is 19.5 Å². The lowest BCUT2D eigenvalue weighted by Gasteiger charge is -2.03. The van der Waals surface area contributed by atoms with Gasteiger partial charge in [0, 0.05) is 35.9 Å². The predicted molar refractivity (Wildman–Crippen MR) is 78.5 cm³/mol. The zero-order valence-corrected chi connectivity index (χ0v) is 12.6. The number of carbonyl (C=O) groups is 3. The van der Waals surface area contributed by atoms with E-state index in [1.807, 2.05) is 0 Å². The van der Waals surface area contributed by atoms with Gasteiger partial charge in [-0.15, -0.1) is 0 Å². The normalized spacial score (nSPS) is 10.3. The first-order valence-electron chi connectivity index (χ1n) is 6.66. The summed E-state index contributed by atoms with van der Waals surface area (Å²) in [5.74, 6) is -2.87. The number of nitrogens with zero attached hydrogens (tertiary/aromatic N) is 2. The van der Waals surface area contributed by atoms with Crippen LogP contribution in [0.4, 0.5) is 13.2 Å². The maximum Gasteiger partial charge on any atom is 0.450 e. The standard InChI is InChI=1S/C9H6F3NO2.C7H7NO/c10-9(11,12)8(15)4-7(14)6-2-1-3-13-5-6;1-6(9)7-3-2-4-8-5-7/h1-3,5H,4H2;2-5H,1H3. The summed E-state index contributed by atoms with van der Waals surface area (Å²) in [4.78, 5) is 39.6. The SMILES string of the molecule is CC(=O)c1cccnc1.O=C(CC(=O)C(F)(F)F)c1cccnc1. The van der Waals surface area contributed by atoms with Crippen molar-refractivity contribution in [3.05, 3.63) is 60.2 Å². The molecule has 0 saturated carbocycles. The van der Waals surface area contributed by atoms with E-state index in [4.69, 9.17) is 0 Å². The largest absolute Gasteiger partial charge is 0.450 e. The minimum absolute atomic E-state index is 0.00454. The minimum Gasteiger partial charge on any atom is -0.294 e. The van der Waals surface area contributed by atoms with Crippen molar-refractivity contribution in [3.8, 4) is 0 Å². The Morgan fingerprint density at radius 3 is 1.79 bits per heavy atom. The Kier molecular flexibility index (Phi) is 6.91. The molecule has 0 bridgehead atoms. The van der Waals surface area contributed by atoms with Crippen LogP contribution in [0.2, 0.25) is 0 Å². The number of carbonyl (C=O) groups excluding carboxylic acids is 3. The van der Waals surface area contributed by atoms with E-state index in [1.165, 1.54) is 25.3 Å². The van der Waals surface area contributed by atoms with Gasteiger partial charge >= 0.3 is 6.18 Å². The Morgan fingerprint density at radius 1 is 0.958 bits per heavy atom. The second-order valence-corrected chi connectivity index (χ2v) is 4.56. The van der Waals surface area contributed by atoms with Gasteiger partial charge in [-0.25, -0.2) is 0 Å². The number of aromatic nitrogens is 2. The summed E-state index contributed by atoms with van der Waals surface area (Å²) >= 11 is 0. The summed E-state index contributed by atoms with van der Waals surface area (Å²) in [5.41, 5.74) is 0.660. The van der Waals surface area contributed by atoms with E-state index in [2.05, 4.69) is 9.97 Å². The molecular weight excluding hydrogens is 325 g/mol. The molecule has 126 valence electrons. The highest BCUT2D eigenvalue weighted by molar-refractivity contribution is 6.09. The maximum atomic E-state index is 11.8. The van der Waals surface area contributed by atoms with Crippen molar-refractivity contribution in [1.29, 1.82) is 0 Å². The topological polar surface area (TPSA) is 77.0 Å². The molecule has 2 rings (SSSR count). The summed E-state index contributed by atoms with van der Waals surface area (Å²) < 4.78 is 35.4. The summed E-state index contributed by atoms with van der Waals surface area (Å²) in [7, 11) is 0. The Morgan fingerprint density at radius 2 is 1.46 bits per heavy atom. The second kappa shape index (κ2) is 8.66. The smallest absolute Gasteiger partial charge is 0.294 e. The lowest BCUT2D eigenvalue weighted by Crippen LogP contribution is -2.25. The number of alkyl halides is 3. The molecule has 8 heteroatoms. The third-order valence-corrected chi connectivity index (χ3v) is 2.69. The molecule has 0 atom stereocenters. The van der Waals surface area contributed by atoms with E-state index in [9.17, 15) is 27.6 Å². The molecule has 2 aromatic rings. The minimum atomic E-state index is -4.96. The van der Waals surface area contributed by atoms with Crippen LogP contribution in [0, 0.1) is 0 Å². The van der Waals surface area contributed by atoms with Crippen molar-refractivity contribution >= 4 is 17.3 Å². The van der Waals surface area contributed by atoms with Gasteiger partial charge in [-0.1, -0.05) is 0 Å². The average Bonchev–Trinajstić information content (AvgIpc) is 2.56. The molecule has 0 aliphatic carbocycles. The van der Waals surface area contributed by atoms with Crippen LogP contribution in [0.5, 0.6) is 0 Å². The van der Waals surface area contributed by atoms with Gasteiger partial charge in [-0.05, 0) is 31.2 Å². The summed E-state index contributed by atoms with van der Waals surface area (Å²) in [6.07, 6.45) is -0.434. The molecule has 2 aromatic heterocycles. The molecule has 0 saturated heterocycles. The molecule has 0 aliphatic heterocycles. The molecule has 0 unspecified atom stereocenters. The fraction of sp³-hybridized carbons (Fsp3) is 0.188. The molecule has 5 nitrogen and oxygen atoms in total. The van der Waals surface area contributed by atoms with Gasteiger partial charge in [-0.2, -0.15) is 13.2 Å². The molecule has 0 aliphatic rings. The van der Waals surface area contributed by atoms with Crippen LogP contribution < -0.4 is 0 Å². The van der Waals surface area contributed by atoms with Gasteiger partial charge in [0.1, 0.15) is 0 Å². The second-order valence-electron chi connectivity index (χ2n) is 4.56. The number of hydrogen-bond acceptors (Lipinski definition) is 5. The van der Waals surface area contributed by atoms with Gasteiger partial charge in [-0.3, -0.25) is 24.4 Å². The van der Waals surface area contributed by atoms with Crippen molar-refractivity contribution in [2.24, 2.45) is 0 Å². The summed E-state index contributed by atoms with van der Waals surface area (Å²) in [6, 6.07) is 6.20. The molecule has 0 aromatic carbocycles. The zero-order valence-electron chi connectivity index (χ0n) is 12.6. The molecule has 0 N–H and O–H groups in total. The summed E-state index contributed by atoms with van der Waals surface area (Å²) in [5, 5.41) is 0. The fourth-order valence-electron chi connectivity index (χ4n) is 1.45. The third-order valence-electron chi connectivity index (χ3n) is 2.69. The number of pyridine rings is 2. The van der Waals surface area contributed by atoms with Crippen LogP contribution in [-0.2, 0) is 4.79 Å². The third kappa shape index (κ3) is 6.47. The lowest BCUT2D eigenvalue weighted by atomic mass is 10.1. The Hall–Kier alpha value is -2.90. The maximum absolute atomic E-state index is 11.8. The predicted octanol–water partition coefficient (Wildman–Crippen LogP) is 3.07. The van der Waals surface area contributed by atoms with Gasteiger partial charge < -0.3 is 0 Å². The number of Topliss-reactive ketones (excluding diaryl/α,β-unsaturated/α-hetero) is 3. The Labute approximate surface area is 135 Å². The molecule has 0 radical (unpaired) electrons. The van der Waals surface area contributed by atoms with Crippen LogP contribution in [0.25, 0.3) is 0 Å². The van der Waals surface area contributed by atoms with Gasteiger partial charge in [0.05, 0.1) is 6.42 Å². The van der Waals surface area contributed by atoms with Crippen molar-refractivity contribution in [1.82, 2.24) is 9.97 Å². The van der Waals surface area contributed by atoms with E-state index in [0.29, 0.717) is 5.56 Å². The number of ketones is 3. The first-order valence-corrected chi connectivity index (χ1v) is 6.66. The molecule has 0 fully saturated rings. The van der Waals surface area contributed by atoms with Crippen LogP contribution >= 0.6 is 0 Å². The van der Waals surface area contributed by atoms with E-state index >= 15 is 0 Å². The van der Waals surface area contributed by atoms with Crippen LogP contribution in [-0.4, -0.2) is 33.5 Å². The van der Waals surface area contributed by atoms with Crippen molar-refractivity contribution in [3.63, 3.8) is 0 Å². The van der Waals surface area contributed by atoms with E-state index < -0.39 is 24.2 Å². The molecule has 0 amide bonds. The number of hydrogen-bond donors (Lipinski definition) is 0. The first kappa shape index (κ1) is 19.1. The van der Waals surface area contributed by atoms with Gasteiger partial charge in [0.25, 0.3) is 0 Å². The van der Waals surface area contributed by atoms with Crippen LogP contribution in [0.1, 0.15) is 34.1 Å². The first-order chi connectivity index (χ1) is 11.2. The van der Waals surface area contributed by atoms with Gasteiger partial charge in [0.2, 0.25) is 5.78 Å². The number of halogens is 3. The average molecular weight is 338 g/mol. The van der Waals surface area contributed by atoms with Crippen molar-refractivity contribution in [2.75, 3.05) is 0 Å². The number of rotatable bonds is 4. The van der Waals surface area contributed by atoms with E-state index in [1.54, 1.807) is 24.5 Å².